The molecule has 3 rings (SSSR count). The summed E-state index contributed by atoms with van der Waals surface area (Å²) < 4.78 is 0. The minimum atomic E-state index is 0.551. The number of benzene rings is 2. The van der Waals surface area contributed by atoms with E-state index in [1.807, 2.05) is 0 Å². The second kappa shape index (κ2) is 5.80. The van der Waals surface area contributed by atoms with Gasteiger partial charge in [-0.3, -0.25) is 0 Å². The highest BCUT2D eigenvalue weighted by Gasteiger charge is 2.24. The summed E-state index contributed by atoms with van der Waals surface area (Å²) in [5, 5.41) is 3.68. The van der Waals surface area contributed by atoms with Crippen molar-refractivity contribution in [3.63, 3.8) is 0 Å². The third kappa shape index (κ3) is 2.51. The van der Waals surface area contributed by atoms with E-state index >= 15 is 0 Å². The lowest BCUT2D eigenvalue weighted by Gasteiger charge is -2.14. The molecule has 1 nitrogen and oxygen atoms in total. The van der Waals surface area contributed by atoms with Crippen LogP contribution in [0.1, 0.15) is 42.5 Å². The molecule has 1 N–H and O–H groups in total. The third-order valence-corrected chi connectivity index (χ3v) is 4.24. The van der Waals surface area contributed by atoms with E-state index in [0.717, 1.165) is 6.54 Å². The topological polar surface area (TPSA) is 12.0 Å². The van der Waals surface area contributed by atoms with Crippen molar-refractivity contribution in [1.29, 1.82) is 0 Å². The largest absolute Gasteiger partial charge is 0.310 e. The Morgan fingerprint density at radius 2 is 2.00 bits per heavy atom. The molecule has 0 spiro atoms. The number of nitrogens with one attached hydrogen (secondary N) is 1. The molecule has 104 valence electrons. The predicted molar refractivity (Wildman–Crippen MR) is 86.0 cm³/mol. The highest BCUT2D eigenvalue weighted by molar-refractivity contribution is 5.70. The summed E-state index contributed by atoms with van der Waals surface area (Å²) in [6.45, 7) is 5.50. The molecule has 1 atom stereocenters. The smallest absolute Gasteiger partial charge is 0.0326 e. The molecule has 20 heavy (non-hydrogen) atoms. The zero-order chi connectivity index (χ0) is 13.9. The van der Waals surface area contributed by atoms with Crippen LogP contribution >= 0.6 is 0 Å². The van der Waals surface area contributed by atoms with Crippen molar-refractivity contribution in [2.75, 3.05) is 6.54 Å². The maximum atomic E-state index is 3.68. The monoisotopic (exact) mass is 265 g/mol. The maximum absolute atomic E-state index is 3.68. The van der Waals surface area contributed by atoms with Crippen LogP contribution in [0.4, 0.5) is 0 Å². The second-order valence-electron chi connectivity index (χ2n) is 5.79. The summed E-state index contributed by atoms with van der Waals surface area (Å²) in [6, 6.07) is 16.2. The van der Waals surface area contributed by atoms with Crippen molar-refractivity contribution in [2.24, 2.45) is 0 Å². The molecule has 0 amide bonds. The van der Waals surface area contributed by atoms with E-state index in [4.69, 9.17) is 0 Å². The van der Waals surface area contributed by atoms with Crippen LogP contribution in [0.5, 0.6) is 0 Å². The molecule has 0 bridgehead atoms. The average Bonchev–Trinajstić information content (AvgIpc) is 2.88. The van der Waals surface area contributed by atoms with Crippen molar-refractivity contribution in [3.8, 4) is 11.1 Å². The van der Waals surface area contributed by atoms with Crippen LogP contribution in [0.2, 0.25) is 0 Å². The Morgan fingerprint density at radius 1 is 1.15 bits per heavy atom. The summed E-state index contributed by atoms with van der Waals surface area (Å²) in [5.41, 5.74) is 7.17. The van der Waals surface area contributed by atoms with Gasteiger partial charge < -0.3 is 5.32 Å². The molecule has 0 radical (unpaired) electrons. The first-order valence-electron chi connectivity index (χ1n) is 7.72. The minimum Gasteiger partial charge on any atom is -0.310 e. The van der Waals surface area contributed by atoms with Gasteiger partial charge in [0.25, 0.3) is 0 Å². The van der Waals surface area contributed by atoms with E-state index in [1.54, 1.807) is 5.56 Å². The van der Waals surface area contributed by atoms with E-state index in [0.29, 0.717) is 6.04 Å². The molecule has 1 heteroatoms. The summed E-state index contributed by atoms with van der Waals surface area (Å²) in [5.74, 6) is 0. The maximum Gasteiger partial charge on any atom is 0.0326 e. The van der Waals surface area contributed by atoms with Crippen LogP contribution < -0.4 is 5.32 Å². The number of hydrogen-bond donors (Lipinski definition) is 1. The van der Waals surface area contributed by atoms with Gasteiger partial charge in [-0.05, 0) is 55.0 Å². The molecular weight excluding hydrogens is 242 g/mol. The van der Waals surface area contributed by atoms with E-state index in [1.165, 1.54) is 41.5 Å². The first-order chi connectivity index (χ1) is 9.79. The molecule has 0 aliphatic heterocycles. The number of fused-ring (bicyclic) bond motifs is 1. The molecule has 0 fully saturated rings. The van der Waals surface area contributed by atoms with Crippen molar-refractivity contribution in [1.82, 2.24) is 5.32 Å². The average molecular weight is 265 g/mol. The van der Waals surface area contributed by atoms with Crippen molar-refractivity contribution >= 4 is 0 Å². The molecule has 0 heterocycles. The molecule has 1 unspecified atom stereocenters. The van der Waals surface area contributed by atoms with Gasteiger partial charge >= 0.3 is 0 Å². The number of hydrogen-bond acceptors (Lipinski definition) is 1. The Kier molecular flexibility index (Phi) is 3.88. The molecule has 2 aromatic rings. The van der Waals surface area contributed by atoms with E-state index in [-0.39, 0.29) is 0 Å². The molecule has 2 aromatic carbocycles. The highest BCUT2D eigenvalue weighted by Crippen LogP contribution is 2.37. The Labute approximate surface area is 122 Å². The van der Waals surface area contributed by atoms with Gasteiger partial charge in [-0.25, -0.2) is 0 Å². The standard InChI is InChI=1S/C19H23N/c1-3-12-20-19-11-10-17-16(8-5-9-18(17)19)15-7-4-6-14(2)13-15/h4-9,13,19-20H,3,10-12H2,1-2H3. The lowest BCUT2D eigenvalue weighted by Crippen LogP contribution is -2.19. The van der Waals surface area contributed by atoms with Crippen LogP contribution in [0.3, 0.4) is 0 Å². The Morgan fingerprint density at radius 3 is 2.80 bits per heavy atom. The van der Waals surface area contributed by atoms with E-state index in [2.05, 4.69) is 61.6 Å². The lowest BCUT2D eigenvalue weighted by molar-refractivity contribution is 0.529. The Hall–Kier alpha value is -1.60. The van der Waals surface area contributed by atoms with Gasteiger partial charge in [-0.1, -0.05) is 55.0 Å². The zero-order valence-corrected chi connectivity index (χ0v) is 12.4. The molecule has 1 aliphatic carbocycles. The van der Waals surface area contributed by atoms with Gasteiger partial charge in [-0.15, -0.1) is 0 Å². The van der Waals surface area contributed by atoms with Gasteiger partial charge in [0, 0.05) is 6.04 Å². The fourth-order valence-electron chi connectivity index (χ4n) is 3.27. The summed E-state index contributed by atoms with van der Waals surface area (Å²) >= 11 is 0. The Bertz CT molecular complexity index is 600. The van der Waals surface area contributed by atoms with Crippen LogP contribution in [-0.4, -0.2) is 6.54 Å². The minimum absolute atomic E-state index is 0.551. The van der Waals surface area contributed by atoms with Gasteiger partial charge in [0.1, 0.15) is 0 Å². The Balaban J connectivity index is 1.97. The van der Waals surface area contributed by atoms with Crippen LogP contribution in [0.15, 0.2) is 42.5 Å². The quantitative estimate of drug-likeness (QED) is 0.848. The summed E-state index contributed by atoms with van der Waals surface area (Å²) in [6.07, 6.45) is 3.63. The van der Waals surface area contributed by atoms with Gasteiger partial charge in [-0.2, -0.15) is 0 Å². The summed E-state index contributed by atoms with van der Waals surface area (Å²) in [4.78, 5) is 0. The first-order valence-corrected chi connectivity index (χ1v) is 7.72. The molecule has 0 aromatic heterocycles. The van der Waals surface area contributed by atoms with Crippen molar-refractivity contribution < 1.29 is 0 Å². The van der Waals surface area contributed by atoms with Crippen LogP contribution in [0.25, 0.3) is 11.1 Å². The number of rotatable bonds is 4. The molecule has 1 aliphatic rings. The molecular formula is C19H23N. The van der Waals surface area contributed by atoms with E-state index < -0.39 is 0 Å². The fraction of sp³-hybridized carbons (Fsp3) is 0.368. The second-order valence-corrected chi connectivity index (χ2v) is 5.79. The van der Waals surface area contributed by atoms with Gasteiger partial charge in [0.05, 0.1) is 0 Å². The highest BCUT2D eigenvalue weighted by atomic mass is 14.9. The predicted octanol–water partition coefficient (Wildman–Crippen LogP) is 4.65. The summed E-state index contributed by atoms with van der Waals surface area (Å²) in [7, 11) is 0. The van der Waals surface area contributed by atoms with Crippen LogP contribution in [0, 0.1) is 6.92 Å². The normalized spacial score (nSPS) is 17.2. The van der Waals surface area contributed by atoms with Gasteiger partial charge in [0.15, 0.2) is 0 Å². The zero-order valence-electron chi connectivity index (χ0n) is 12.4. The van der Waals surface area contributed by atoms with Crippen LogP contribution in [-0.2, 0) is 6.42 Å². The first kappa shape index (κ1) is 13.4. The van der Waals surface area contributed by atoms with Gasteiger partial charge in [0.2, 0.25) is 0 Å². The van der Waals surface area contributed by atoms with E-state index in [9.17, 15) is 0 Å². The van der Waals surface area contributed by atoms with Crippen molar-refractivity contribution in [3.05, 3.63) is 59.2 Å². The lowest BCUT2D eigenvalue weighted by atomic mass is 9.95. The SMILES string of the molecule is CCCNC1CCc2c(-c3cccc(C)c3)cccc21. The van der Waals surface area contributed by atoms with Crippen molar-refractivity contribution in [2.45, 2.75) is 39.2 Å². The third-order valence-electron chi connectivity index (χ3n) is 4.24. The molecule has 0 saturated heterocycles. The molecule has 0 saturated carbocycles. The fourth-order valence-corrected chi connectivity index (χ4v) is 3.27. The number of aryl methyl sites for hydroxylation is 1.